The van der Waals surface area contributed by atoms with Gasteiger partial charge in [0.15, 0.2) is 0 Å². The molecule has 24 heavy (non-hydrogen) atoms. The van der Waals surface area contributed by atoms with Crippen molar-refractivity contribution in [1.29, 1.82) is 0 Å². The number of carbonyl (C=O) groups excluding carboxylic acids is 1. The maximum Gasteiger partial charge on any atom is 0.224 e. The van der Waals surface area contributed by atoms with Crippen LogP contribution in [-0.4, -0.2) is 33.8 Å². The van der Waals surface area contributed by atoms with Crippen LogP contribution >= 0.6 is 0 Å². The third-order valence-electron chi connectivity index (χ3n) is 3.75. The van der Waals surface area contributed by atoms with Gasteiger partial charge in [-0.2, -0.15) is 0 Å². The van der Waals surface area contributed by atoms with E-state index < -0.39 is 0 Å². The van der Waals surface area contributed by atoms with E-state index in [4.69, 9.17) is 14.2 Å². The Morgan fingerprint density at radius 1 is 0.917 bits per heavy atom. The highest BCUT2D eigenvalue weighted by atomic mass is 16.5. The summed E-state index contributed by atoms with van der Waals surface area (Å²) in [5, 5.41) is 2.93. The van der Waals surface area contributed by atoms with E-state index >= 15 is 0 Å². The van der Waals surface area contributed by atoms with Crippen molar-refractivity contribution in [2.75, 3.05) is 27.9 Å². The Hall–Kier alpha value is -2.69. The zero-order valence-electron chi connectivity index (χ0n) is 14.3. The lowest BCUT2D eigenvalue weighted by molar-refractivity contribution is -0.120. The maximum atomic E-state index is 12.2. The van der Waals surface area contributed by atoms with Gasteiger partial charge in [-0.1, -0.05) is 18.2 Å². The first kappa shape index (κ1) is 17.7. The first-order valence-electron chi connectivity index (χ1n) is 7.77. The van der Waals surface area contributed by atoms with Gasteiger partial charge in [0.05, 0.1) is 27.8 Å². The highest BCUT2D eigenvalue weighted by Crippen LogP contribution is 2.24. The Labute approximate surface area is 142 Å². The van der Waals surface area contributed by atoms with Crippen molar-refractivity contribution in [3.8, 4) is 17.2 Å². The molecular formula is C19H23NO4. The van der Waals surface area contributed by atoms with Gasteiger partial charge in [0.25, 0.3) is 0 Å². The molecule has 0 spiro atoms. The van der Waals surface area contributed by atoms with Crippen LogP contribution < -0.4 is 19.5 Å². The molecule has 1 N–H and O–H groups in total. The van der Waals surface area contributed by atoms with E-state index in [0.29, 0.717) is 24.5 Å². The molecule has 5 nitrogen and oxygen atoms in total. The van der Waals surface area contributed by atoms with Gasteiger partial charge in [-0.25, -0.2) is 0 Å². The average Bonchev–Trinajstić information content (AvgIpc) is 2.62. The van der Waals surface area contributed by atoms with Crippen molar-refractivity contribution in [2.45, 2.75) is 12.8 Å². The number of carbonyl (C=O) groups is 1. The van der Waals surface area contributed by atoms with Crippen molar-refractivity contribution >= 4 is 5.91 Å². The first-order valence-corrected chi connectivity index (χ1v) is 7.77. The fraction of sp³-hybridized carbons (Fsp3) is 0.316. The molecule has 5 heteroatoms. The van der Waals surface area contributed by atoms with Crippen LogP contribution in [0.1, 0.15) is 11.1 Å². The summed E-state index contributed by atoms with van der Waals surface area (Å²) in [5.41, 5.74) is 1.87. The fourth-order valence-corrected chi connectivity index (χ4v) is 2.50. The van der Waals surface area contributed by atoms with Crippen LogP contribution in [0.4, 0.5) is 0 Å². The fourth-order valence-electron chi connectivity index (χ4n) is 2.50. The van der Waals surface area contributed by atoms with Crippen molar-refractivity contribution in [3.05, 3.63) is 53.6 Å². The Kier molecular flexibility index (Phi) is 6.49. The standard InChI is InChI=1S/C19H23NO4/c1-22-16-8-9-18(24-3)15(12-16)13-19(21)20-11-10-14-6-4-5-7-17(14)23-2/h4-9,12H,10-11,13H2,1-3H3,(H,20,21). The summed E-state index contributed by atoms with van der Waals surface area (Å²) in [6.45, 7) is 0.547. The highest BCUT2D eigenvalue weighted by Gasteiger charge is 2.10. The van der Waals surface area contributed by atoms with Gasteiger partial charge in [0.1, 0.15) is 17.2 Å². The second-order valence-electron chi connectivity index (χ2n) is 5.27. The molecular weight excluding hydrogens is 306 g/mol. The molecule has 0 heterocycles. The Balaban J connectivity index is 1.92. The lowest BCUT2D eigenvalue weighted by Gasteiger charge is -2.11. The molecule has 0 bridgehead atoms. The molecule has 0 aliphatic heterocycles. The van der Waals surface area contributed by atoms with Crippen LogP contribution in [0.3, 0.4) is 0 Å². The van der Waals surface area contributed by atoms with E-state index in [1.807, 2.05) is 36.4 Å². The molecule has 2 rings (SSSR count). The molecule has 2 aromatic carbocycles. The van der Waals surface area contributed by atoms with E-state index in [0.717, 1.165) is 16.9 Å². The van der Waals surface area contributed by atoms with Crippen LogP contribution in [-0.2, 0) is 17.6 Å². The Bertz CT molecular complexity index is 685. The molecule has 0 atom stereocenters. The van der Waals surface area contributed by atoms with Crippen molar-refractivity contribution in [3.63, 3.8) is 0 Å². The number of nitrogens with one attached hydrogen (secondary N) is 1. The number of para-hydroxylation sites is 1. The van der Waals surface area contributed by atoms with Gasteiger partial charge in [0.2, 0.25) is 5.91 Å². The van der Waals surface area contributed by atoms with Crippen LogP contribution in [0.5, 0.6) is 17.2 Å². The summed E-state index contributed by atoms with van der Waals surface area (Å²) in [4.78, 5) is 12.2. The molecule has 0 aliphatic rings. The van der Waals surface area contributed by atoms with Gasteiger partial charge in [-0.3, -0.25) is 4.79 Å². The summed E-state index contributed by atoms with van der Waals surface area (Å²) in [6.07, 6.45) is 0.956. The molecule has 0 unspecified atom stereocenters. The molecule has 0 aliphatic carbocycles. The maximum absolute atomic E-state index is 12.2. The SMILES string of the molecule is COc1ccc(OC)c(CC(=O)NCCc2ccccc2OC)c1. The Morgan fingerprint density at radius 2 is 1.62 bits per heavy atom. The van der Waals surface area contributed by atoms with Crippen LogP contribution in [0, 0.1) is 0 Å². The topological polar surface area (TPSA) is 56.8 Å². The summed E-state index contributed by atoms with van der Waals surface area (Å²) < 4.78 is 15.8. The van der Waals surface area contributed by atoms with Crippen LogP contribution in [0.15, 0.2) is 42.5 Å². The van der Waals surface area contributed by atoms with E-state index in [1.165, 1.54) is 0 Å². The predicted octanol–water partition coefficient (Wildman–Crippen LogP) is 2.61. The molecule has 2 aromatic rings. The normalized spacial score (nSPS) is 10.1. The average molecular weight is 329 g/mol. The quantitative estimate of drug-likeness (QED) is 0.809. The minimum atomic E-state index is -0.0588. The van der Waals surface area contributed by atoms with Gasteiger partial charge in [-0.15, -0.1) is 0 Å². The van der Waals surface area contributed by atoms with Crippen molar-refractivity contribution < 1.29 is 19.0 Å². The third kappa shape index (κ3) is 4.65. The minimum absolute atomic E-state index is 0.0588. The third-order valence-corrected chi connectivity index (χ3v) is 3.75. The number of ether oxygens (including phenoxy) is 3. The van der Waals surface area contributed by atoms with Crippen molar-refractivity contribution in [2.24, 2.45) is 0 Å². The number of rotatable bonds is 8. The molecule has 0 saturated heterocycles. The van der Waals surface area contributed by atoms with Gasteiger partial charge >= 0.3 is 0 Å². The van der Waals surface area contributed by atoms with Gasteiger partial charge < -0.3 is 19.5 Å². The van der Waals surface area contributed by atoms with Gasteiger partial charge in [-0.05, 0) is 36.2 Å². The lowest BCUT2D eigenvalue weighted by Crippen LogP contribution is -2.27. The summed E-state index contributed by atoms with van der Waals surface area (Å²) >= 11 is 0. The molecule has 0 fully saturated rings. The van der Waals surface area contributed by atoms with E-state index in [9.17, 15) is 4.79 Å². The zero-order valence-corrected chi connectivity index (χ0v) is 14.3. The minimum Gasteiger partial charge on any atom is -0.497 e. The van der Waals surface area contributed by atoms with E-state index in [2.05, 4.69) is 5.32 Å². The van der Waals surface area contributed by atoms with Crippen molar-refractivity contribution in [1.82, 2.24) is 5.32 Å². The summed E-state index contributed by atoms with van der Waals surface area (Å²) in [7, 11) is 4.83. The first-order chi connectivity index (χ1) is 11.7. The summed E-state index contributed by atoms with van der Waals surface area (Å²) in [5.74, 6) is 2.15. The molecule has 0 aromatic heterocycles. The second kappa shape index (κ2) is 8.82. The molecule has 0 radical (unpaired) electrons. The summed E-state index contributed by atoms with van der Waals surface area (Å²) in [6, 6.07) is 13.2. The van der Waals surface area contributed by atoms with Crippen LogP contribution in [0.2, 0.25) is 0 Å². The number of hydrogen-bond acceptors (Lipinski definition) is 4. The van der Waals surface area contributed by atoms with Gasteiger partial charge in [0, 0.05) is 12.1 Å². The molecule has 0 saturated carbocycles. The Morgan fingerprint density at radius 3 is 2.33 bits per heavy atom. The van der Waals surface area contributed by atoms with Crippen LogP contribution in [0.25, 0.3) is 0 Å². The molecule has 128 valence electrons. The zero-order chi connectivity index (χ0) is 17.4. The number of benzene rings is 2. The lowest BCUT2D eigenvalue weighted by atomic mass is 10.1. The van der Waals surface area contributed by atoms with E-state index in [-0.39, 0.29) is 12.3 Å². The second-order valence-corrected chi connectivity index (χ2v) is 5.27. The number of hydrogen-bond donors (Lipinski definition) is 1. The van der Waals surface area contributed by atoms with E-state index in [1.54, 1.807) is 27.4 Å². The largest absolute Gasteiger partial charge is 0.497 e. The molecule has 1 amide bonds. The number of methoxy groups -OCH3 is 3. The number of amides is 1. The highest BCUT2D eigenvalue weighted by molar-refractivity contribution is 5.79. The smallest absolute Gasteiger partial charge is 0.224 e. The predicted molar refractivity (Wildman–Crippen MR) is 93.0 cm³/mol. The monoisotopic (exact) mass is 329 g/mol.